The van der Waals surface area contributed by atoms with Gasteiger partial charge in [-0.2, -0.15) is 14.7 Å². The molecule has 34 heavy (non-hydrogen) atoms. The molecule has 0 amide bonds. The Hall–Kier alpha value is -3.17. The van der Waals surface area contributed by atoms with E-state index in [1.165, 1.54) is 6.07 Å². The molecule has 1 aliphatic rings. The Labute approximate surface area is 202 Å². The molecule has 1 fully saturated rings. The topological polar surface area (TPSA) is 83.4 Å². The molecule has 8 nitrogen and oxygen atoms in total. The van der Waals surface area contributed by atoms with E-state index in [0.717, 1.165) is 35.9 Å². The third-order valence-electron chi connectivity index (χ3n) is 5.95. The molecule has 4 aromatic rings. The van der Waals surface area contributed by atoms with Crippen molar-refractivity contribution < 1.29 is 9.13 Å². The van der Waals surface area contributed by atoms with Gasteiger partial charge in [0, 0.05) is 47.9 Å². The van der Waals surface area contributed by atoms with E-state index in [0.29, 0.717) is 34.3 Å². The van der Waals surface area contributed by atoms with Gasteiger partial charge in [-0.05, 0) is 45.4 Å². The van der Waals surface area contributed by atoms with E-state index in [9.17, 15) is 4.39 Å². The molecular weight excluding hydrogens is 457 g/mol. The number of fused-ring (bicyclic) bond motifs is 1. The number of morpholine rings is 1. The molecule has 0 saturated carbocycles. The van der Waals surface area contributed by atoms with Crippen molar-refractivity contribution in [2.24, 2.45) is 0 Å². The fourth-order valence-electron chi connectivity index (χ4n) is 4.48. The number of anilines is 3. The number of nitrogens with zero attached hydrogens (tertiary/aromatic N) is 5. The van der Waals surface area contributed by atoms with E-state index >= 15 is 0 Å². The van der Waals surface area contributed by atoms with Gasteiger partial charge in [0.15, 0.2) is 11.5 Å². The molecule has 1 aromatic carbocycles. The smallest absolute Gasteiger partial charge is 0.163 e. The highest BCUT2D eigenvalue weighted by atomic mass is 35.5. The number of aromatic amines is 1. The lowest BCUT2D eigenvalue weighted by Crippen LogP contribution is -2.46. The van der Waals surface area contributed by atoms with Crippen molar-refractivity contribution in [1.82, 2.24) is 24.8 Å². The van der Waals surface area contributed by atoms with Crippen LogP contribution in [0, 0.1) is 19.7 Å². The minimum Gasteiger partial charge on any atom is -0.372 e. The SMILES string of the molecule is Cc1cc(Nc2cc(N3CC(C)OC(C)C3)n3nc(C)c(Cc4ccc(Cl)cc4F)c3n2)n[nH]1. The molecule has 2 unspecified atom stereocenters. The average molecular weight is 484 g/mol. The molecule has 10 heteroatoms. The lowest BCUT2D eigenvalue weighted by atomic mass is 10.0. The van der Waals surface area contributed by atoms with E-state index < -0.39 is 0 Å². The van der Waals surface area contributed by atoms with Crippen molar-refractivity contribution in [3.8, 4) is 0 Å². The number of hydrogen-bond acceptors (Lipinski definition) is 6. The highest BCUT2D eigenvalue weighted by Gasteiger charge is 2.26. The summed E-state index contributed by atoms with van der Waals surface area (Å²) in [4.78, 5) is 7.12. The second-order valence-electron chi connectivity index (χ2n) is 8.93. The third-order valence-corrected chi connectivity index (χ3v) is 6.19. The molecule has 2 N–H and O–H groups in total. The zero-order chi connectivity index (χ0) is 24.0. The molecule has 3 aromatic heterocycles. The highest BCUT2D eigenvalue weighted by molar-refractivity contribution is 6.30. The van der Waals surface area contributed by atoms with Gasteiger partial charge in [-0.25, -0.2) is 9.37 Å². The van der Waals surface area contributed by atoms with Gasteiger partial charge in [0.25, 0.3) is 0 Å². The quantitative estimate of drug-likeness (QED) is 0.424. The summed E-state index contributed by atoms with van der Waals surface area (Å²) in [5.41, 5.74) is 3.81. The van der Waals surface area contributed by atoms with Crippen molar-refractivity contribution in [2.75, 3.05) is 23.3 Å². The number of benzene rings is 1. The second kappa shape index (κ2) is 8.88. The predicted octanol–water partition coefficient (Wildman–Crippen LogP) is 4.81. The summed E-state index contributed by atoms with van der Waals surface area (Å²) in [6.07, 6.45) is 0.513. The maximum Gasteiger partial charge on any atom is 0.163 e. The lowest BCUT2D eigenvalue weighted by molar-refractivity contribution is -0.00557. The number of aryl methyl sites for hydroxylation is 2. The number of nitrogens with one attached hydrogen (secondary N) is 2. The summed E-state index contributed by atoms with van der Waals surface area (Å²) in [6.45, 7) is 9.45. The van der Waals surface area contributed by atoms with Crippen LogP contribution in [0.15, 0.2) is 30.3 Å². The summed E-state index contributed by atoms with van der Waals surface area (Å²) in [5, 5.41) is 15.7. The van der Waals surface area contributed by atoms with E-state index in [2.05, 4.69) is 34.3 Å². The molecule has 178 valence electrons. The van der Waals surface area contributed by atoms with Crippen LogP contribution in [-0.4, -0.2) is 50.1 Å². The van der Waals surface area contributed by atoms with Gasteiger partial charge in [0.05, 0.1) is 17.9 Å². The largest absolute Gasteiger partial charge is 0.372 e. The lowest BCUT2D eigenvalue weighted by Gasteiger charge is -2.36. The molecule has 5 rings (SSSR count). The summed E-state index contributed by atoms with van der Waals surface area (Å²) in [7, 11) is 0. The summed E-state index contributed by atoms with van der Waals surface area (Å²) < 4.78 is 22.4. The highest BCUT2D eigenvalue weighted by Crippen LogP contribution is 2.29. The van der Waals surface area contributed by atoms with Gasteiger partial charge in [-0.15, -0.1) is 0 Å². The predicted molar refractivity (Wildman–Crippen MR) is 131 cm³/mol. The minimum absolute atomic E-state index is 0.0802. The maximum absolute atomic E-state index is 14.6. The third kappa shape index (κ3) is 4.45. The molecule has 0 aliphatic carbocycles. The Morgan fingerprint density at radius 3 is 2.59 bits per heavy atom. The van der Waals surface area contributed by atoms with Gasteiger partial charge < -0.3 is 15.0 Å². The average Bonchev–Trinajstić information content (AvgIpc) is 3.31. The number of H-pyrrole nitrogens is 1. The van der Waals surface area contributed by atoms with E-state index in [-0.39, 0.29) is 18.0 Å². The van der Waals surface area contributed by atoms with Crippen LogP contribution in [0.4, 0.5) is 21.8 Å². The molecule has 1 saturated heterocycles. The molecular formula is C24H27ClFN7O. The zero-order valence-electron chi connectivity index (χ0n) is 19.6. The van der Waals surface area contributed by atoms with Crippen molar-refractivity contribution in [3.05, 3.63) is 63.7 Å². The van der Waals surface area contributed by atoms with Crippen molar-refractivity contribution in [1.29, 1.82) is 0 Å². The molecule has 1 aliphatic heterocycles. The van der Waals surface area contributed by atoms with Crippen LogP contribution in [-0.2, 0) is 11.2 Å². The van der Waals surface area contributed by atoms with Crippen LogP contribution in [0.3, 0.4) is 0 Å². The fraction of sp³-hybridized carbons (Fsp3) is 0.375. The monoisotopic (exact) mass is 483 g/mol. The van der Waals surface area contributed by atoms with E-state index in [4.69, 9.17) is 26.4 Å². The standard InChI is InChI=1S/C24H27ClFN7O/c1-13-7-22(30-29-13)27-21-10-23(32-11-14(2)34-15(3)12-32)33-24(28-21)19(16(4)31-33)8-17-5-6-18(25)9-20(17)26/h5-7,9-10,14-15H,8,11-12H2,1-4H3,(H2,27,28,29,30). The first kappa shape index (κ1) is 22.6. The van der Waals surface area contributed by atoms with Crippen LogP contribution in [0.1, 0.15) is 36.4 Å². The Morgan fingerprint density at radius 2 is 1.91 bits per heavy atom. The Bertz CT molecular complexity index is 1340. The van der Waals surface area contributed by atoms with Crippen molar-refractivity contribution in [2.45, 2.75) is 46.3 Å². The number of rotatable bonds is 5. The number of hydrogen-bond donors (Lipinski definition) is 2. The Balaban J connectivity index is 1.63. The van der Waals surface area contributed by atoms with Gasteiger partial charge >= 0.3 is 0 Å². The summed E-state index contributed by atoms with van der Waals surface area (Å²) >= 11 is 5.95. The fourth-order valence-corrected chi connectivity index (χ4v) is 4.64. The summed E-state index contributed by atoms with van der Waals surface area (Å²) in [5.74, 6) is 1.86. The molecule has 0 spiro atoms. The van der Waals surface area contributed by atoms with Gasteiger partial charge in [-0.1, -0.05) is 17.7 Å². The first-order valence-corrected chi connectivity index (χ1v) is 11.7. The molecule has 0 bridgehead atoms. The normalized spacial score (nSPS) is 18.6. The Morgan fingerprint density at radius 1 is 1.15 bits per heavy atom. The number of ether oxygens (including phenoxy) is 1. The number of aromatic nitrogens is 5. The van der Waals surface area contributed by atoms with Gasteiger partial charge in [-0.3, -0.25) is 5.10 Å². The van der Waals surface area contributed by atoms with Crippen LogP contribution in [0.25, 0.3) is 5.65 Å². The molecule has 2 atom stereocenters. The minimum atomic E-state index is -0.344. The van der Waals surface area contributed by atoms with E-state index in [1.807, 2.05) is 30.5 Å². The summed E-state index contributed by atoms with van der Waals surface area (Å²) in [6, 6.07) is 8.63. The van der Waals surface area contributed by atoms with Crippen molar-refractivity contribution >= 4 is 34.7 Å². The van der Waals surface area contributed by atoms with E-state index in [1.54, 1.807) is 12.1 Å². The Kier molecular flexibility index (Phi) is 5.91. The van der Waals surface area contributed by atoms with Crippen LogP contribution in [0.2, 0.25) is 5.02 Å². The zero-order valence-corrected chi connectivity index (χ0v) is 20.3. The van der Waals surface area contributed by atoms with Gasteiger partial charge in [0.2, 0.25) is 0 Å². The number of halogens is 2. The maximum atomic E-state index is 14.6. The first-order chi connectivity index (χ1) is 16.3. The van der Waals surface area contributed by atoms with Crippen LogP contribution in [0.5, 0.6) is 0 Å². The molecule has 4 heterocycles. The second-order valence-corrected chi connectivity index (χ2v) is 9.37. The molecule has 0 radical (unpaired) electrons. The van der Waals surface area contributed by atoms with Crippen LogP contribution < -0.4 is 10.2 Å². The van der Waals surface area contributed by atoms with Crippen LogP contribution >= 0.6 is 11.6 Å². The van der Waals surface area contributed by atoms with Gasteiger partial charge in [0.1, 0.15) is 17.5 Å². The van der Waals surface area contributed by atoms with Crippen molar-refractivity contribution in [3.63, 3.8) is 0 Å². The first-order valence-electron chi connectivity index (χ1n) is 11.3.